The SMILES string of the molecule is N#CC(O)CCCN1C(=O)c2ccccc2C1=O. The Balaban J connectivity index is 2.03. The number of rotatable bonds is 4. The normalized spacial score (nSPS) is 15.4. The van der Waals surface area contributed by atoms with Crippen molar-refractivity contribution >= 4 is 11.8 Å². The van der Waals surface area contributed by atoms with Gasteiger partial charge in [-0.1, -0.05) is 12.1 Å². The summed E-state index contributed by atoms with van der Waals surface area (Å²) < 4.78 is 0. The molecule has 2 amide bonds. The van der Waals surface area contributed by atoms with Crippen LogP contribution in [0.25, 0.3) is 0 Å². The Labute approximate surface area is 104 Å². The van der Waals surface area contributed by atoms with Crippen molar-refractivity contribution in [1.82, 2.24) is 4.90 Å². The molecule has 1 aromatic rings. The number of fused-ring (bicyclic) bond motifs is 1. The summed E-state index contributed by atoms with van der Waals surface area (Å²) in [6.07, 6.45) is -0.371. The Morgan fingerprint density at radius 3 is 2.28 bits per heavy atom. The van der Waals surface area contributed by atoms with Gasteiger partial charge in [-0.25, -0.2) is 0 Å². The zero-order chi connectivity index (χ0) is 13.1. The van der Waals surface area contributed by atoms with Crippen molar-refractivity contribution in [2.24, 2.45) is 0 Å². The highest BCUT2D eigenvalue weighted by Crippen LogP contribution is 2.22. The summed E-state index contributed by atoms with van der Waals surface area (Å²) in [5, 5.41) is 17.5. The van der Waals surface area contributed by atoms with Crippen molar-refractivity contribution in [1.29, 1.82) is 5.26 Å². The lowest BCUT2D eigenvalue weighted by Gasteiger charge is -2.13. The largest absolute Gasteiger partial charge is 0.378 e. The van der Waals surface area contributed by atoms with Gasteiger partial charge in [-0.3, -0.25) is 14.5 Å². The Morgan fingerprint density at radius 1 is 1.22 bits per heavy atom. The molecule has 2 rings (SSSR count). The minimum absolute atomic E-state index is 0.227. The van der Waals surface area contributed by atoms with Crippen molar-refractivity contribution in [3.8, 4) is 6.07 Å². The van der Waals surface area contributed by atoms with E-state index in [1.165, 1.54) is 0 Å². The van der Waals surface area contributed by atoms with Crippen LogP contribution in [-0.4, -0.2) is 34.5 Å². The standard InChI is InChI=1S/C13H12N2O3/c14-8-9(16)4-3-7-15-12(17)10-5-1-2-6-11(10)13(15)18/h1-2,5-6,9,16H,3-4,7H2. The van der Waals surface area contributed by atoms with E-state index in [2.05, 4.69) is 0 Å². The van der Waals surface area contributed by atoms with E-state index in [9.17, 15) is 9.59 Å². The van der Waals surface area contributed by atoms with Gasteiger partial charge in [-0.15, -0.1) is 0 Å². The van der Waals surface area contributed by atoms with Gasteiger partial charge in [-0.05, 0) is 25.0 Å². The van der Waals surface area contributed by atoms with Gasteiger partial charge < -0.3 is 5.11 Å². The number of aliphatic hydroxyl groups is 1. The predicted molar refractivity (Wildman–Crippen MR) is 62.7 cm³/mol. The zero-order valence-electron chi connectivity index (χ0n) is 9.67. The molecule has 92 valence electrons. The molecule has 0 bridgehead atoms. The minimum Gasteiger partial charge on any atom is -0.378 e. The first-order valence-electron chi connectivity index (χ1n) is 5.68. The minimum atomic E-state index is -1.04. The van der Waals surface area contributed by atoms with Crippen LogP contribution >= 0.6 is 0 Å². The molecule has 1 aromatic carbocycles. The fourth-order valence-corrected chi connectivity index (χ4v) is 1.95. The average molecular weight is 244 g/mol. The number of nitriles is 1. The molecule has 1 unspecified atom stereocenters. The van der Waals surface area contributed by atoms with E-state index >= 15 is 0 Å². The number of carbonyl (C=O) groups is 2. The molecule has 5 nitrogen and oxygen atoms in total. The maximum Gasteiger partial charge on any atom is 0.261 e. The number of hydrogen-bond donors (Lipinski definition) is 1. The second-order valence-corrected chi connectivity index (χ2v) is 4.09. The summed E-state index contributed by atoms with van der Waals surface area (Å²) in [7, 11) is 0. The van der Waals surface area contributed by atoms with Crippen molar-refractivity contribution in [3.05, 3.63) is 35.4 Å². The van der Waals surface area contributed by atoms with E-state index in [1.54, 1.807) is 30.3 Å². The molecule has 18 heavy (non-hydrogen) atoms. The van der Waals surface area contributed by atoms with Crippen LogP contribution < -0.4 is 0 Å². The predicted octanol–water partition coefficient (Wildman–Crippen LogP) is 0.947. The summed E-state index contributed by atoms with van der Waals surface area (Å²) in [5.74, 6) is -0.607. The van der Waals surface area contributed by atoms with Crippen molar-refractivity contribution < 1.29 is 14.7 Å². The van der Waals surface area contributed by atoms with E-state index in [4.69, 9.17) is 10.4 Å². The summed E-state index contributed by atoms with van der Waals surface area (Å²) in [6, 6.07) is 8.38. The lowest BCUT2D eigenvalue weighted by Crippen LogP contribution is -2.31. The van der Waals surface area contributed by atoms with Crippen LogP contribution in [0.2, 0.25) is 0 Å². The Kier molecular flexibility index (Phi) is 3.40. The molecule has 0 spiro atoms. The first kappa shape index (κ1) is 12.3. The number of benzene rings is 1. The molecule has 0 aliphatic carbocycles. The van der Waals surface area contributed by atoms with Crippen LogP contribution in [0.3, 0.4) is 0 Å². The van der Waals surface area contributed by atoms with Crippen LogP contribution in [0.1, 0.15) is 33.6 Å². The average Bonchev–Trinajstić information content (AvgIpc) is 2.64. The van der Waals surface area contributed by atoms with Crippen molar-refractivity contribution in [3.63, 3.8) is 0 Å². The molecule has 0 fully saturated rings. The van der Waals surface area contributed by atoms with Crippen LogP contribution in [0.5, 0.6) is 0 Å². The van der Waals surface area contributed by atoms with Gasteiger partial charge in [0.05, 0.1) is 17.2 Å². The molecule has 0 saturated heterocycles. The van der Waals surface area contributed by atoms with Crippen LogP contribution in [-0.2, 0) is 0 Å². The van der Waals surface area contributed by atoms with E-state index in [0.717, 1.165) is 4.90 Å². The monoisotopic (exact) mass is 244 g/mol. The number of imide groups is 1. The molecule has 0 radical (unpaired) electrons. The Hall–Kier alpha value is -2.19. The van der Waals surface area contributed by atoms with Gasteiger partial charge in [0.15, 0.2) is 0 Å². The van der Waals surface area contributed by atoms with Crippen molar-refractivity contribution in [2.45, 2.75) is 18.9 Å². The van der Waals surface area contributed by atoms with E-state index in [1.807, 2.05) is 0 Å². The molecule has 0 aromatic heterocycles. The quantitative estimate of drug-likeness (QED) is 0.631. The molecule has 1 atom stereocenters. The molecular formula is C13H12N2O3. The van der Waals surface area contributed by atoms with Gasteiger partial charge >= 0.3 is 0 Å². The van der Waals surface area contributed by atoms with Gasteiger partial charge in [-0.2, -0.15) is 5.26 Å². The van der Waals surface area contributed by atoms with E-state index < -0.39 is 6.10 Å². The Bertz CT molecular complexity index is 498. The Morgan fingerprint density at radius 2 is 1.78 bits per heavy atom. The number of aliphatic hydroxyl groups excluding tert-OH is 1. The first-order chi connectivity index (χ1) is 8.65. The second-order valence-electron chi connectivity index (χ2n) is 4.09. The van der Waals surface area contributed by atoms with E-state index in [0.29, 0.717) is 17.5 Å². The van der Waals surface area contributed by atoms with Gasteiger partial charge in [0.2, 0.25) is 0 Å². The van der Waals surface area contributed by atoms with Crippen LogP contribution in [0.15, 0.2) is 24.3 Å². The molecule has 1 N–H and O–H groups in total. The lowest BCUT2D eigenvalue weighted by atomic mass is 10.1. The highest BCUT2D eigenvalue weighted by Gasteiger charge is 2.34. The van der Waals surface area contributed by atoms with E-state index in [-0.39, 0.29) is 24.8 Å². The summed E-state index contributed by atoms with van der Waals surface area (Å²) in [6.45, 7) is 0.227. The third kappa shape index (κ3) is 2.11. The number of nitrogens with zero attached hydrogens (tertiary/aromatic N) is 2. The first-order valence-corrected chi connectivity index (χ1v) is 5.68. The van der Waals surface area contributed by atoms with Crippen LogP contribution in [0, 0.1) is 11.3 Å². The van der Waals surface area contributed by atoms with Gasteiger partial charge in [0, 0.05) is 6.54 Å². The molecular weight excluding hydrogens is 232 g/mol. The third-order valence-corrected chi connectivity index (χ3v) is 2.89. The fraction of sp³-hybridized carbons (Fsp3) is 0.308. The zero-order valence-corrected chi connectivity index (χ0v) is 9.67. The molecule has 0 saturated carbocycles. The fourth-order valence-electron chi connectivity index (χ4n) is 1.95. The maximum absolute atomic E-state index is 11.9. The van der Waals surface area contributed by atoms with Crippen molar-refractivity contribution in [2.75, 3.05) is 6.54 Å². The molecule has 1 aliphatic heterocycles. The highest BCUT2D eigenvalue weighted by atomic mass is 16.3. The number of hydrogen-bond acceptors (Lipinski definition) is 4. The third-order valence-electron chi connectivity index (χ3n) is 2.89. The van der Waals surface area contributed by atoms with Gasteiger partial charge in [0.1, 0.15) is 6.10 Å². The topological polar surface area (TPSA) is 81.4 Å². The maximum atomic E-state index is 11.9. The molecule has 5 heteroatoms. The number of carbonyl (C=O) groups excluding carboxylic acids is 2. The van der Waals surface area contributed by atoms with Crippen LogP contribution in [0.4, 0.5) is 0 Å². The highest BCUT2D eigenvalue weighted by molar-refractivity contribution is 6.21. The molecule has 1 heterocycles. The number of amides is 2. The second kappa shape index (κ2) is 4.98. The smallest absolute Gasteiger partial charge is 0.261 e. The summed E-state index contributed by atoms with van der Waals surface area (Å²) >= 11 is 0. The summed E-state index contributed by atoms with van der Waals surface area (Å²) in [5.41, 5.74) is 0.840. The molecule has 1 aliphatic rings. The summed E-state index contributed by atoms with van der Waals surface area (Å²) in [4.78, 5) is 25.0. The van der Waals surface area contributed by atoms with Gasteiger partial charge in [0.25, 0.3) is 11.8 Å². The lowest BCUT2D eigenvalue weighted by molar-refractivity contribution is 0.0646.